The molecule has 9 heavy (non-hydrogen) atoms. The smallest absolute Gasteiger partial charge is 0.306 e. The summed E-state index contributed by atoms with van der Waals surface area (Å²) >= 11 is 0. The normalized spacial score (nSPS) is 26.4. The average molecular weight is 131 g/mol. The van der Waals surface area contributed by atoms with Crippen molar-refractivity contribution < 1.29 is 14.7 Å². The van der Waals surface area contributed by atoms with Crippen LogP contribution >= 0.6 is 0 Å². The van der Waals surface area contributed by atoms with E-state index in [1.165, 1.54) is 0 Å². The molecule has 1 unspecified atom stereocenters. The third-order valence-corrected chi connectivity index (χ3v) is 1.22. The first-order valence-electron chi connectivity index (χ1n) is 2.89. The first-order chi connectivity index (χ1) is 4.29. The lowest BCUT2D eigenvalue weighted by Crippen LogP contribution is -2.13. The van der Waals surface area contributed by atoms with Crippen molar-refractivity contribution in [1.82, 2.24) is 5.48 Å². The van der Waals surface area contributed by atoms with Gasteiger partial charge >= 0.3 is 5.97 Å². The second kappa shape index (κ2) is 2.80. The molecule has 1 aliphatic rings. The van der Waals surface area contributed by atoms with E-state index in [2.05, 4.69) is 5.48 Å². The van der Waals surface area contributed by atoms with Crippen molar-refractivity contribution >= 4 is 5.97 Å². The summed E-state index contributed by atoms with van der Waals surface area (Å²) in [4.78, 5) is 14.9. The Kier molecular flexibility index (Phi) is 2.02. The van der Waals surface area contributed by atoms with Crippen LogP contribution in [0, 0.1) is 0 Å². The van der Waals surface area contributed by atoms with E-state index in [0.29, 0.717) is 0 Å². The summed E-state index contributed by atoms with van der Waals surface area (Å²) in [6.45, 7) is 0.762. The number of carboxylic acids is 1. The van der Waals surface area contributed by atoms with Crippen molar-refractivity contribution in [3.8, 4) is 0 Å². The van der Waals surface area contributed by atoms with Gasteiger partial charge in [-0.2, -0.15) is 0 Å². The lowest BCUT2D eigenvalue weighted by Gasteiger charge is -2.01. The van der Waals surface area contributed by atoms with E-state index in [1.54, 1.807) is 0 Å². The summed E-state index contributed by atoms with van der Waals surface area (Å²) in [6, 6.07) is 0. The minimum Gasteiger partial charge on any atom is -0.481 e. The average Bonchev–Trinajstić information content (AvgIpc) is 2.15. The standard InChI is InChI=1S/C5H9NO3/c7-5(8)3-4-1-2-6-9-4/h4,6H,1-3H2,(H,7,8). The van der Waals surface area contributed by atoms with Gasteiger partial charge in [0.25, 0.3) is 0 Å². The van der Waals surface area contributed by atoms with Gasteiger partial charge in [-0.3, -0.25) is 9.63 Å². The van der Waals surface area contributed by atoms with Crippen molar-refractivity contribution in [2.75, 3.05) is 6.54 Å². The van der Waals surface area contributed by atoms with E-state index in [1.807, 2.05) is 0 Å². The van der Waals surface area contributed by atoms with E-state index >= 15 is 0 Å². The number of carbonyl (C=O) groups is 1. The molecule has 2 N–H and O–H groups in total. The predicted molar refractivity (Wildman–Crippen MR) is 29.7 cm³/mol. The van der Waals surface area contributed by atoms with Crippen LogP contribution in [-0.4, -0.2) is 23.7 Å². The third kappa shape index (κ3) is 1.99. The van der Waals surface area contributed by atoms with Crippen LogP contribution in [0.1, 0.15) is 12.8 Å². The van der Waals surface area contributed by atoms with Gasteiger partial charge in [-0.05, 0) is 6.42 Å². The molecule has 1 heterocycles. The Bertz CT molecular complexity index is 109. The zero-order valence-electron chi connectivity index (χ0n) is 4.96. The summed E-state index contributed by atoms with van der Waals surface area (Å²) in [5, 5.41) is 8.27. The Morgan fingerprint density at radius 3 is 3.11 bits per heavy atom. The van der Waals surface area contributed by atoms with E-state index in [-0.39, 0.29) is 12.5 Å². The van der Waals surface area contributed by atoms with Crippen LogP contribution in [0.3, 0.4) is 0 Å². The molecule has 4 heteroatoms. The summed E-state index contributed by atoms with van der Waals surface area (Å²) in [6.07, 6.45) is 0.779. The monoisotopic (exact) mass is 131 g/mol. The molecule has 1 fully saturated rings. The zero-order chi connectivity index (χ0) is 6.69. The molecule has 0 aromatic rings. The highest BCUT2D eigenvalue weighted by molar-refractivity contribution is 5.67. The molecule has 0 aliphatic carbocycles. The highest BCUT2D eigenvalue weighted by atomic mass is 16.7. The van der Waals surface area contributed by atoms with Crippen molar-refractivity contribution in [2.45, 2.75) is 18.9 Å². The molecule has 0 aromatic carbocycles. The molecule has 0 saturated carbocycles. The fourth-order valence-electron chi connectivity index (χ4n) is 0.794. The first kappa shape index (κ1) is 6.51. The van der Waals surface area contributed by atoms with Crippen LogP contribution in [0.25, 0.3) is 0 Å². The molecule has 4 nitrogen and oxygen atoms in total. The third-order valence-electron chi connectivity index (χ3n) is 1.22. The molecular formula is C5H9NO3. The van der Waals surface area contributed by atoms with E-state index in [4.69, 9.17) is 9.94 Å². The maximum atomic E-state index is 10.0. The Hall–Kier alpha value is -0.610. The largest absolute Gasteiger partial charge is 0.481 e. The van der Waals surface area contributed by atoms with Crippen LogP contribution in [-0.2, 0) is 9.63 Å². The molecule has 1 atom stereocenters. The van der Waals surface area contributed by atoms with Crippen molar-refractivity contribution in [3.05, 3.63) is 0 Å². The molecule has 1 rings (SSSR count). The maximum Gasteiger partial charge on any atom is 0.306 e. The number of hydroxylamine groups is 1. The van der Waals surface area contributed by atoms with Gasteiger partial charge in [0.2, 0.25) is 0 Å². The molecule has 0 aromatic heterocycles. The molecule has 0 bridgehead atoms. The molecule has 52 valence electrons. The number of nitrogens with one attached hydrogen (secondary N) is 1. The van der Waals surface area contributed by atoms with Crippen LogP contribution in [0.4, 0.5) is 0 Å². The van der Waals surface area contributed by atoms with E-state index in [0.717, 1.165) is 13.0 Å². The van der Waals surface area contributed by atoms with Gasteiger partial charge in [0.05, 0.1) is 12.5 Å². The predicted octanol–water partition coefficient (Wildman–Crippen LogP) is -0.245. The fourth-order valence-corrected chi connectivity index (χ4v) is 0.794. The highest BCUT2D eigenvalue weighted by Gasteiger charge is 2.18. The molecular weight excluding hydrogens is 122 g/mol. The minimum absolute atomic E-state index is 0.104. The van der Waals surface area contributed by atoms with Crippen LogP contribution < -0.4 is 5.48 Å². The highest BCUT2D eigenvalue weighted by Crippen LogP contribution is 2.06. The van der Waals surface area contributed by atoms with Gasteiger partial charge in [-0.15, -0.1) is 0 Å². The van der Waals surface area contributed by atoms with Crippen molar-refractivity contribution in [1.29, 1.82) is 0 Å². The Morgan fingerprint density at radius 1 is 1.89 bits per heavy atom. The Morgan fingerprint density at radius 2 is 2.67 bits per heavy atom. The van der Waals surface area contributed by atoms with Crippen molar-refractivity contribution in [3.63, 3.8) is 0 Å². The lowest BCUT2D eigenvalue weighted by atomic mass is 10.2. The topological polar surface area (TPSA) is 58.6 Å². The first-order valence-corrected chi connectivity index (χ1v) is 2.89. The second-order valence-electron chi connectivity index (χ2n) is 2.02. The van der Waals surface area contributed by atoms with Crippen LogP contribution in [0.15, 0.2) is 0 Å². The van der Waals surface area contributed by atoms with Gasteiger partial charge in [0, 0.05) is 6.54 Å². The number of rotatable bonds is 2. The Balaban J connectivity index is 2.19. The minimum atomic E-state index is -0.802. The number of hydrogen-bond acceptors (Lipinski definition) is 3. The summed E-state index contributed by atoms with van der Waals surface area (Å²) in [7, 11) is 0. The second-order valence-corrected chi connectivity index (χ2v) is 2.02. The lowest BCUT2D eigenvalue weighted by molar-refractivity contribution is -0.140. The van der Waals surface area contributed by atoms with Gasteiger partial charge in [-0.1, -0.05) is 0 Å². The fraction of sp³-hybridized carbons (Fsp3) is 0.800. The quantitative estimate of drug-likeness (QED) is 0.542. The van der Waals surface area contributed by atoms with Crippen molar-refractivity contribution in [2.24, 2.45) is 0 Å². The van der Waals surface area contributed by atoms with E-state index < -0.39 is 5.97 Å². The number of aliphatic carboxylic acids is 1. The molecule has 0 radical (unpaired) electrons. The molecule has 0 amide bonds. The summed E-state index contributed by atoms with van der Waals surface area (Å²) < 4.78 is 0. The SMILES string of the molecule is O=C(O)CC1CCNO1. The van der Waals surface area contributed by atoms with Crippen LogP contribution in [0.2, 0.25) is 0 Å². The van der Waals surface area contributed by atoms with Gasteiger partial charge in [-0.25, -0.2) is 5.48 Å². The number of carboxylic acid groups (broad SMARTS) is 1. The maximum absolute atomic E-state index is 10.0. The van der Waals surface area contributed by atoms with Gasteiger partial charge in [0.15, 0.2) is 0 Å². The molecule has 1 aliphatic heterocycles. The van der Waals surface area contributed by atoms with E-state index in [9.17, 15) is 4.79 Å². The van der Waals surface area contributed by atoms with Gasteiger partial charge in [0.1, 0.15) is 0 Å². The summed E-state index contributed by atoms with van der Waals surface area (Å²) in [5.41, 5.74) is 2.61. The zero-order valence-corrected chi connectivity index (χ0v) is 4.96. The molecule has 1 saturated heterocycles. The van der Waals surface area contributed by atoms with Crippen LogP contribution in [0.5, 0.6) is 0 Å². The number of hydrogen-bond donors (Lipinski definition) is 2. The molecule has 0 spiro atoms. The summed E-state index contributed by atoms with van der Waals surface area (Å²) in [5.74, 6) is -0.802. The Labute approximate surface area is 52.8 Å². The van der Waals surface area contributed by atoms with Gasteiger partial charge < -0.3 is 5.11 Å².